The van der Waals surface area contributed by atoms with Gasteiger partial charge in [0, 0.05) is 16.1 Å². The molecule has 0 aliphatic rings. The smallest absolute Gasteiger partial charge is 0.259 e. The molecule has 0 fully saturated rings. The van der Waals surface area contributed by atoms with Crippen molar-refractivity contribution in [3.63, 3.8) is 0 Å². The van der Waals surface area contributed by atoms with Gasteiger partial charge in [-0.3, -0.25) is 9.59 Å². The molecule has 0 heterocycles. The van der Waals surface area contributed by atoms with Gasteiger partial charge in [-0.1, -0.05) is 35.9 Å². The highest BCUT2D eigenvalue weighted by atomic mass is 35.5. The fraction of sp³-hybridized carbons (Fsp3) is 0.160. The average molecular weight is 482 g/mol. The zero-order chi connectivity index (χ0) is 24.3. The third-order valence-corrected chi connectivity index (χ3v) is 4.93. The van der Waals surface area contributed by atoms with E-state index in [-0.39, 0.29) is 6.54 Å². The maximum atomic E-state index is 12.3. The fourth-order valence-electron chi connectivity index (χ4n) is 2.91. The molecule has 3 aromatic rings. The van der Waals surface area contributed by atoms with Gasteiger partial charge in [0.05, 0.1) is 27.0 Å². The van der Waals surface area contributed by atoms with Crippen LogP contribution >= 0.6 is 11.6 Å². The van der Waals surface area contributed by atoms with E-state index in [4.69, 9.17) is 25.8 Å². The lowest BCUT2D eigenvalue weighted by molar-refractivity contribution is -0.120. The van der Waals surface area contributed by atoms with Gasteiger partial charge in [0.2, 0.25) is 0 Å². The molecule has 0 bridgehead atoms. The number of hydrogen-bond acceptors (Lipinski definition) is 6. The minimum Gasteiger partial charge on any atom is -0.493 e. The number of ether oxygens (including phenoxy) is 3. The third kappa shape index (κ3) is 6.98. The topological polar surface area (TPSA) is 98.2 Å². The Morgan fingerprint density at radius 1 is 0.941 bits per heavy atom. The van der Waals surface area contributed by atoms with Gasteiger partial charge in [0.1, 0.15) is 12.4 Å². The van der Waals surface area contributed by atoms with Crippen LogP contribution in [0.15, 0.2) is 71.8 Å². The highest BCUT2D eigenvalue weighted by Crippen LogP contribution is 2.27. The summed E-state index contributed by atoms with van der Waals surface area (Å²) in [6, 6.07) is 19.4. The van der Waals surface area contributed by atoms with Crippen LogP contribution in [0, 0.1) is 0 Å². The monoisotopic (exact) mass is 481 g/mol. The molecule has 0 aliphatic heterocycles. The number of nitrogens with zero attached hydrogens (tertiary/aromatic N) is 1. The maximum absolute atomic E-state index is 12.3. The summed E-state index contributed by atoms with van der Waals surface area (Å²) in [5.41, 5.74) is 4.37. The summed E-state index contributed by atoms with van der Waals surface area (Å²) < 4.78 is 16.2. The third-order valence-electron chi connectivity index (χ3n) is 4.67. The van der Waals surface area contributed by atoms with Gasteiger partial charge in [-0.15, -0.1) is 0 Å². The Kier molecular flexibility index (Phi) is 8.88. The van der Waals surface area contributed by atoms with E-state index in [1.807, 2.05) is 36.4 Å². The SMILES string of the molecule is COc1ccc(C(=O)NCC(=O)NN=Cc2ccccc2OCc2ccc(Cl)cc2)cc1OC. The molecule has 0 spiro atoms. The summed E-state index contributed by atoms with van der Waals surface area (Å²) in [5, 5.41) is 7.15. The molecule has 34 heavy (non-hydrogen) atoms. The number of amides is 2. The maximum Gasteiger partial charge on any atom is 0.259 e. The van der Waals surface area contributed by atoms with Gasteiger partial charge in [-0.2, -0.15) is 5.10 Å². The molecular formula is C25H24ClN3O5. The lowest BCUT2D eigenvalue weighted by Crippen LogP contribution is -2.34. The van der Waals surface area contributed by atoms with E-state index in [1.165, 1.54) is 26.5 Å². The zero-order valence-electron chi connectivity index (χ0n) is 18.7. The first kappa shape index (κ1) is 24.6. The molecular weight excluding hydrogens is 458 g/mol. The number of hydrazone groups is 1. The largest absolute Gasteiger partial charge is 0.493 e. The van der Waals surface area contributed by atoms with Crippen molar-refractivity contribution in [1.29, 1.82) is 0 Å². The van der Waals surface area contributed by atoms with E-state index in [9.17, 15) is 9.59 Å². The summed E-state index contributed by atoms with van der Waals surface area (Å²) >= 11 is 5.91. The van der Waals surface area contributed by atoms with Crippen molar-refractivity contribution in [2.45, 2.75) is 6.61 Å². The molecule has 0 aromatic heterocycles. The van der Waals surface area contributed by atoms with Crippen LogP contribution in [0.2, 0.25) is 5.02 Å². The van der Waals surface area contributed by atoms with Crippen LogP contribution in [0.25, 0.3) is 0 Å². The Morgan fingerprint density at radius 2 is 1.68 bits per heavy atom. The summed E-state index contributed by atoms with van der Waals surface area (Å²) in [6.07, 6.45) is 1.48. The number of methoxy groups -OCH3 is 2. The van der Waals surface area contributed by atoms with Crippen molar-refractivity contribution < 1.29 is 23.8 Å². The first-order chi connectivity index (χ1) is 16.5. The second-order valence-corrected chi connectivity index (χ2v) is 7.44. The van der Waals surface area contributed by atoms with Gasteiger partial charge < -0.3 is 19.5 Å². The van der Waals surface area contributed by atoms with Crippen molar-refractivity contribution in [1.82, 2.24) is 10.7 Å². The predicted octanol–water partition coefficient (Wildman–Crippen LogP) is 3.82. The molecule has 8 nitrogen and oxygen atoms in total. The Morgan fingerprint density at radius 3 is 2.41 bits per heavy atom. The van der Waals surface area contributed by atoms with Crippen molar-refractivity contribution in [2.24, 2.45) is 5.10 Å². The molecule has 0 unspecified atom stereocenters. The van der Waals surface area contributed by atoms with Gasteiger partial charge in [-0.05, 0) is 48.0 Å². The average Bonchev–Trinajstić information content (AvgIpc) is 2.87. The van der Waals surface area contributed by atoms with E-state index in [2.05, 4.69) is 15.8 Å². The van der Waals surface area contributed by atoms with Crippen molar-refractivity contribution in [3.05, 3.63) is 88.4 Å². The second kappa shape index (κ2) is 12.3. The minimum atomic E-state index is -0.482. The van der Waals surface area contributed by atoms with Gasteiger partial charge in [0.15, 0.2) is 11.5 Å². The van der Waals surface area contributed by atoms with Gasteiger partial charge >= 0.3 is 0 Å². The number of hydrogen-bond donors (Lipinski definition) is 2. The summed E-state index contributed by atoms with van der Waals surface area (Å²) in [6.45, 7) is 0.107. The first-order valence-electron chi connectivity index (χ1n) is 10.3. The minimum absolute atomic E-state index is 0.251. The fourth-order valence-corrected chi connectivity index (χ4v) is 3.04. The summed E-state index contributed by atoms with van der Waals surface area (Å²) in [5.74, 6) is 0.618. The molecule has 176 valence electrons. The molecule has 9 heteroatoms. The number of nitrogens with one attached hydrogen (secondary N) is 2. The number of carbonyl (C=O) groups is 2. The molecule has 0 atom stereocenters. The van der Waals surface area contributed by atoms with Crippen LogP contribution in [-0.4, -0.2) is 38.8 Å². The number of carbonyl (C=O) groups excluding carboxylic acids is 2. The van der Waals surface area contributed by atoms with E-state index >= 15 is 0 Å². The molecule has 3 aromatic carbocycles. The van der Waals surface area contributed by atoms with Crippen LogP contribution in [0.1, 0.15) is 21.5 Å². The standard InChI is InChI=1S/C25H24ClN3O5/c1-32-22-12-9-18(13-23(22)33-2)25(31)27-15-24(30)29-28-14-19-5-3-4-6-21(19)34-16-17-7-10-20(26)11-8-17/h3-14H,15-16H2,1-2H3,(H,27,31)(H,29,30). The highest BCUT2D eigenvalue weighted by molar-refractivity contribution is 6.30. The predicted molar refractivity (Wildman–Crippen MR) is 130 cm³/mol. The normalized spacial score (nSPS) is 10.6. The molecule has 3 rings (SSSR count). The van der Waals surface area contributed by atoms with E-state index in [0.29, 0.717) is 40.0 Å². The molecule has 2 N–H and O–H groups in total. The molecule has 0 saturated heterocycles. The van der Waals surface area contributed by atoms with Crippen LogP contribution in [-0.2, 0) is 11.4 Å². The number of halogens is 1. The lowest BCUT2D eigenvalue weighted by atomic mass is 10.2. The van der Waals surface area contributed by atoms with E-state index in [0.717, 1.165) is 5.56 Å². The molecule has 0 saturated carbocycles. The number of rotatable bonds is 10. The molecule has 0 radical (unpaired) electrons. The van der Waals surface area contributed by atoms with Crippen LogP contribution in [0.3, 0.4) is 0 Å². The van der Waals surface area contributed by atoms with Crippen LogP contribution < -0.4 is 25.0 Å². The van der Waals surface area contributed by atoms with Crippen LogP contribution in [0.5, 0.6) is 17.2 Å². The van der Waals surface area contributed by atoms with Gasteiger partial charge in [-0.25, -0.2) is 5.43 Å². The highest BCUT2D eigenvalue weighted by Gasteiger charge is 2.12. The van der Waals surface area contributed by atoms with E-state index in [1.54, 1.807) is 24.3 Å². The van der Waals surface area contributed by atoms with Crippen LogP contribution in [0.4, 0.5) is 0 Å². The Hall–Kier alpha value is -4.04. The summed E-state index contributed by atoms with van der Waals surface area (Å²) in [4.78, 5) is 24.4. The molecule has 2 amide bonds. The van der Waals surface area contributed by atoms with Gasteiger partial charge in [0.25, 0.3) is 11.8 Å². The Labute approximate surface area is 202 Å². The first-order valence-corrected chi connectivity index (χ1v) is 10.7. The van der Waals surface area contributed by atoms with Crippen molar-refractivity contribution in [3.8, 4) is 17.2 Å². The Balaban J connectivity index is 1.51. The Bertz CT molecular complexity index is 1170. The molecule has 0 aliphatic carbocycles. The number of benzene rings is 3. The quantitative estimate of drug-likeness (QED) is 0.339. The lowest BCUT2D eigenvalue weighted by Gasteiger charge is -2.10. The zero-order valence-corrected chi connectivity index (χ0v) is 19.5. The summed E-state index contributed by atoms with van der Waals surface area (Å²) in [7, 11) is 2.98. The number of para-hydroxylation sites is 1. The van der Waals surface area contributed by atoms with Crippen molar-refractivity contribution >= 4 is 29.6 Å². The van der Waals surface area contributed by atoms with E-state index < -0.39 is 11.8 Å². The second-order valence-electron chi connectivity index (χ2n) is 7.00. The van der Waals surface area contributed by atoms with Crippen molar-refractivity contribution in [2.75, 3.05) is 20.8 Å².